The zero-order valence-electron chi connectivity index (χ0n) is 44.5. The van der Waals surface area contributed by atoms with Crippen molar-refractivity contribution in [3.8, 4) is 57.5 Å². The number of ketones is 4. The molecule has 11 rings (SSSR count). The summed E-state index contributed by atoms with van der Waals surface area (Å²) in [5.41, 5.74) is 4.01. The molecule has 11 aromatic carbocycles. The van der Waals surface area contributed by atoms with Gasteiger partial charge in [-0.25, -0.2) is 9.59 Å². The number of rotatable bonds is 20. The summed E-state index contributed by atoms with van der Waals surface area (Å²) in [5, 5.41) is 0. The molecular formula is C72H46O12. The monoisotopic (exact) mass is 1100 g/mol. The Bertz CT molecular complexity index is 3860. The van der Waals surface area contributed by atoms with Gasteiger partial charge in [0.05, 0.1) is 11.1 Å². The summed E-state index contributed by atoms with van der Waals surface area (Å²) >= 11 is 0. The molecule has 0 saturated heterocycles. The van der Waals surface area contributed by atoms with Crippen molar-refractivity contribution in [2.24, 2.45) is 0 Å². The first-order chi connectivity index (χ1) is 41.0. The molecule has 0 aliphatic rings. The maximum absolute atomic E-state index is 13.3. The molecule has 0 radical (unpaired) electrons. The first-order valence-corrected chi connectivity index (χ1v) is 26.4. The van der Waals surface area contributed by atoms with Crippen molar-refractivity contribution in [1.29, 1.82) is 0 Å². The highest BCUT2D eigenvalue weighted by Gasteiger charge is 2.18. The third-order valence-corrected chi connectivity index (χ3v) is 13.1. The van der Waals surface area contributed by atoms with E-state index in [-0.39, 0.29) is 45.8 Å². The minimum absolute atomic E-state index is 0.179. The van der Waals surface area contributed by atoms with Gasteiger partial charge in [0.15, 0.2) is 23.1 Å². The van der Waals surface area contributed by atoms with Gasteiger partial charge >= 0.3 is 11.9 Å². The summed E-state index contributed by atoms with van der Waals surface area (Å²) in [4.78, 5) is 79.1. The minimum Gasteiger partial charge on any atom is -0.457 e. The number of hydrogen-bond donors (Lipinski definition) is 0. The van der Waals surface area contributed by atoms with E-state index in [1.54, 1.807) is 194 Å². The number of carbonyl (C=O) groups excluding carboxylic acids is 6. The predicted octanol–water partition coefficient (Wildman–Crippen LogP) is 16.2. The lowest BCUT2D eigenvalue weighted by Crippen LogP contribution is -2.11. The summed E-state index contributed by atoms with van der Waals surface area (Å²) in [7, 11) is 0. The third-order valence-electron chi connectivity index (χ3n) is 13.1. The molecule has 0 aliphatic heterocycles. The Morgan fingerprint density at radius 2 is 0.321 bits per heavy atom. The van der Waals surface area contributed by atoms with Crippen LogP contribution in [0.2, 0.25) is 0 Å². The molecule has 0 fully saturated rings. The van der Waals surface area contributed by atoms with Gasteiger partial charge in [-0.05, 0) is 194 Å². The highest BCUT2D eigenvalue weighted by molar-refractivity contribution is 6.13. The summed E-state index contributed by atoms with van der Waals surface area (Å²) in [6.07, 6.45) is 0. The van der Waals surface area contributed by atoms with E-state index in [1.807, 2.05) is 60.7 Å². The van der Waals surface area contributed by atoms with E-state index in [0.29, 0.717) is 90.5 Å². The van der Waals surface area contributed by atoms with E-state index in [9.17, 15) is 28.8 Å². The molecule has 12 nitrogen and oxygen atoms in total. The van der Waals surface area contributed by atoms with Gasteiger partial charge in [0.2, 0.25) is 0 Å². The van der Waals surface area contributed by atoms with E-state index in [4.69, 9.17) is 28.4 Å². The third kappa shape index (κ3) is 13.4. The summed E-state index contributed by atoms with van der Waals surface area (Å²) in [6.45, 7) is 0. The van der Waals surface area contributed by atoms with Crippen LogP contribution in [0.25, 0.3) is 0 Å². The molecular weight excluding hydrogens is 1060 g/mol. The maximum atomic E-state index is 13.3. The van der Waals surface area contributed by atoms with E-state index >= 15 is 0 Å². The van der Waals surface area contributed by atoms with Gasteiger partial charge in [-0.3, -0.25) is 19.2 Å². The zero-order valence-corrected chi connectivity index (χ0v) is 44.5. The molecule has 0 saturated carbocycles. The largest absolute Gasteiger partial charge is 0.457 e. The SMILES string of the molecule is O=C(Oc1ccc(Oc2ccc(C(=O)c3ccc(C(=O)c4ccc(Oc5ccccc5)cc4)cc3)cc2)cc1)c1ccc(C(=O)Oc2ccc(Oc3ccc(C(=O)c4ccc(C(=O)c5ccc(Oc6ccccc6)cc5)cc4)cc3)cc2)cc1. The molecule has 0 N–H and O–H groups in total. The smallest absolute Gasteiger partial charge is 0.343 e. The molecule has 0 aliphatic carbocycles. The maximum Gasteiger partial charge on any atom is 0.343 e. The van der Waals surface area contributed by atoms with Crippen molar-refractivity contribution in [2.75, 3.05) is 0 Å². The number of ether oxygens (including phenoxy) is 6. The highest BCUT2D eigenvalue weighted by Crippen LogP contribution is 2.30. The highest BCUT2D eigenvalue weighted by atomic mass is 16.5. The topological polar surface area (TPSA) is 158 Å². The molecule has 11 aromatic rings. The Morgan fingerprint density at radius 3 is 0.536 bits per heavy atom. The Labute approximate surface area is 482 Å². The van der Waals surface area contributed by atoms with E-state index in [2.05, 4.69) is 0 Å². The van der Waals surface area contributed by atoms with Gasteiger partial charge in [-0.15, -0.1) is 0 Å². The quantitative estimate of drug-likeness (QED) is 0.0405. The molecule has 406 valence electrons. The fourth-order valence-corrected chi connectivity index (χ4v) is 8.66. The van der Waals surface area contributed by atoms with Gasteiger partial charge in [-0.1, -0.05) is 84.9 Å². The Kier molecular flexibility index (Phi) is 16.2. The Balaban J connectivity index is 0.606. The lowest BCUT2D eigenvalue weighted by molar-refractivity contribution is 0.0720. The van der Waals surface area contributed by atoms with Gasteiger partial charge in [0.25, 0.3) is 0 Å². The first-order valence-electron chi connectivity index (χ1n) is 26.4. The molecule has 0 amide bonds. The van der Waals surface area contributed by atoms with E-state index < -0.39 is 11.9 Å². The fraction of sp³-hybridized carbons (Fsp3) is 0. The summed E-state index contributed by atoms with van der Waals surface area (Å²) in [5.74, 6) is 2.93. The van der Waals surface area contributed by atoms with Crippen LogP contribution < -0.4 is 28.4 Å². The van der Waals surface area contributed by atoms with E-state index in [1.165, 1.54) is 24.3 Å². The predicted molar refractivity (Wildman–Crippen MR) is 315 cm³/mol. The van der Waals surface area contributed by atoms with Crippen LogP contribution in [0, 0.1) is 0 Å². The second-order valence-electron chi connectivity index (χ2n) is 18.9. The molecule has 0 unspecified atom stereocenters. The molecule has 0 aromatic heterocycles. The van der Waals surface area contributed by atoms with Crippen LogP contribution in [0.5, 0.6) is 57.5 Å². The van der Waals surface area contributed by atoms with Crippen LogP contribution in [0.3, 0.4) is 0 Å². The molecule has 84 heavy (non-hydrogen) atoms. The molecule has 0 atom stereocenters. The first kappa shape index (κ1) is 54.2. The van der Waals surface area contributed by atoms with Gasteiger partial charge < -0.3 is 28.4 Å². The lowest BCUT2D eigenvalue weighted by atomic mass is 9.98. The average molecular weight is 1100 g/mol. The van der Waals surface area contributed by atoms with Crippen LogP contribution in [-0.4, -0.2) is 35.1 Å². The normalized spacial score (nSPS) is 10.7. The van der Waals surface area contributed by atoms with Crippen LogP contribution in [0.1, 0.15) is 84.4 Å². The van der Waals surface area contributed by atoms with Crippen LogP contribution in [0.4, 0.5) is 0 Å². The molecule has 0 heterocycles. The van der Waals surface area contributed by atoms with Gasteiger partial charge in [-0.2, -0.15) is 0 Å². The Morgan fingerprint density at radius 1 is 0.167 bits per heavy atom. The van der Waals surface area contributed by atoms with Crippen molar-refractivity contribution < 1.29 is 57.2 Å². The zero-order chi connectivity index (χ0) is 57.8. The van der Waals surface area contributed by atoms with Crippen molar-refractivity contribution in [2.45, 2.75) is 0 Å². The van der Waals surface area contributed by atoms with Crippen molar-refractivity contribution in [1.82, 2.24) is 0 Å². The van der Waals surface area contributed by atoms with Crippen LogP contribution >= 0.6 is 0 Å². The van der Waals surface area contributed by atoms with Crippen LogP contribution in [-0.2, 0) is 0 Å². The molecule has 0 bridgehead atoms. The average Bonchev–Trinajstić information content (AvgIpc) is 3.69. The van der Waals surface area contributed by atoms with Crippen molar-refractivity contribution in [3.63, 3.8) is 0 Å². The summed E-state index contributed by atoms with van der Waals surface area (Å²) in [6, 6.07) is 77.6. The summed E-state index contributed by atoms with van der Waals surface area (Å²) < 4.78 is 34.7. The fourth-order valence-electron chi connectivity index (χ4n) is 8.66. The minimum atomic E-state index is -0.643. The van der Waals surface area contributed by atoms with Crippen molar-refractivity contribution >= 4 is 35.1 Å². The van der Waals surface area contributed by atoms with Crippen molar-refractivity contribution in [3.05, 3.63) is 335 Å². The number of para-hydroxylation sites is 2. The number of benzene rings is 11. The molecule has 0 spiro atoms. The molecule has 12 heteroatoms. The standard InChI is InChI=1S/C72H46O12/c73-67(51-23-31-59(32-24-51)79-57-7-3-1-4-8-57)47-11-15-49(16-12-47)69(75)53-27-35-61(36-28-53)81-63-39-43-65(44-40-63)83-71(77)55-19-21-56(22-20-55)72(78)84-66-45-41-64(42-46-66)82-62-37-29-54(30-38-62)70(76)50-17-13-48(14-18-50)68(74)52-25-33-60(34-26-52)80-58-9-5-2-6-10-58/h1-46H. The van der Waals surface area contributed by atoms with Gasteiger partial charge in [0, 0.05) is 44.5 Å². The lowest BCUT2D eigenvalue weighted by Gasteiger charge is -2.09. The number of hydrogen-bond acceptors (Lipinski definition) is 12. The Hall–Kier alpha value is -11.8. The second-order valence-corrected chi connectivity index (χ2v) is 18.9. The number of carbonyl (C=O) groups is 6. The van der Waals surface area contributed by atoms with Gasteiger partial charge in [0.1, 0.15) is 57.5 Å². The number of esters is 2. The van der Waals surface area contributed by atoms with E-state index in [0.717, 1.165) is 0 Å². The second kappa shape index (κ2) is 25.1. The van der Waals surface area contributed by atoms with Crippen LogP contribution in [0.15, 0.2) is 279 Å².